The molecule has 0 heterocycles. The van der Waals surface area contributed by atoms with Crippen LogP contribution in [0.25, 0.3) is 0 Å². The van der Waals surface area contributed by atoms with E-state index in [0.29, 0.717) is 23.9 Å². The number of esters is 2. The predicted molar refractivity (Wildman–Crippen MR) is 355 cm³/mol. The van der Waals surface area contributed by atoms with Gasteiger partial charge in [-0.3, -0.25) is 9.59 Å². The number of hydrogen-bond donors (Lipinski definition) is 1. The SMILES string of the molecule is CC/C=C\C/C=C\C/C=C\C/C=C\C/C=C\C/C=C\C/C=C\C/C=C\CCCCCCCCCCC(=O)OC(COC(=O)CCCCCCCCCCCCCCC/C=C\CCCCCCCCCC)COC(OCC[N+](C)(C)C)C(=O)O. The van der Waals surface area contributed by atoms with Crippen LogP contribution in [0, 0.1) is 0 Å². The van der Waals surface area contributed by atoms with Crippen molar-refractivity contribution in [3.05, 3.63) is 109 Å². The number of unbranched alkanes of at least 4 members (excludes halogenated alkanes) is 29. The Bertz CT molecular complexity index is 1730. The highest BCUT2D eigenvalue weighted by molar-refractivity contribution is 5.71. The van der Waals surface area contributed by atoms with Gasteiger partial charge in [0.25, 0.3) is 6.29 Å². The second kappa shape index (κ2) is 64.0. The number of carboxylic acids is 1. The summed E-state index contributed by atoms with van der Waals surface area (Å²) in [5, 5.41) is 9.74. The molecular weight excluding hydrogens is 1030 g/mol. The lowest BCUT2D eigenvalue weighted by Gasteiger charge is -2.25. The molecule has 2 atom stereocenters. The van der Waals surface area contributed by atoms with Gasteiger partial charge in [0.2, 0.25) is 0 Å². The lowest BCUT2D eigenvalue weighted by molar-refractivity contribution is -0.870. The first-order valence-corrected chi connectivity index (χ1v) is 34.1. The van der Waals surface area contributed by atoms with Crippen molar-refractivity contribution in [3.63, 3.8) is 0 Å². The summed E-state index contributed by atoms with van der Waals surface area (Å²) in [7, 11) is 5.97. The number of aliphatic carboxylic acids is 1. The Hall–Kier alpha value is -4.05. The maximum atomic E-state index is 12.9. The van der Waals surface area contributed by atoms with Crippen LogP contribution >= 0.6 is 0 Å². The van der Waals surface area contributed by atoms with Crippen LogP contribution in [-0.4, -0.2) is 87.4 Å². The molecule has 0 fully saturated rings. The number of nitrogens with zero attached hydrogens (tertiary/aromatic N) is 1. The van der Waals surface area contributed by atoms with Crippen LogP contribution in [0.4, 0.5) is 0 Å². The first kappa shape index (κ1) is 79.0. The molecule has 476 valence electrons. The zero-order chi connectivity index (χ0) is 60.5. The number of ether oxygens (including phenoxy) is 4. The lowest BCUT2D eigenvalue weighted by Crippen LogP contribution is -2.40. The van der Waals surface area contributed by atoms with E-state index in [1.807, 2.05) is 21.1 Å². The van der Waals surface area contributed by atoms with Gasteiger partial charge < -0.3 is 28.5 Å². The van der Waals surface area contributed by atoms with Gasteiger partial charge in [-0.05, 0) is 103 Å². The summed E-state index contributed by atoms with van der Waals surface area (Å²) in [5.74, 6) is -2.01. The highest BCUT2D eigenvalue weighted by atomic mass is 16.7. The Morgan fingerprint density at radius 2 is 0.687 bits per heavy atom. The standard InChI is InChI=1S/C74H127NO8/c1-6-8-10-12-14-16-18-20-22-24-26-28-30-32-33-34-35-36-37-38-39-41-43-45-47-49-51-53-55-57-59-61-63-65-72(77)83-70(69-82-74(73(78)79)80-67-66-75(3,4)5)68-81-71(76)64-62-60-58-56-54-52-50-48-46-44-42-40-31-29-27-25-23-21-19-17-15-13-11-9-7-2/h8,10,14,16,20,22,25-28,32-33,35-36,38-39,43,45,70,74H,6-7,9,11-13,15,17-19,21,23-24,29-31,34,37,40-42,44,46-69H2,1-5H3/p+1/b10-8-,16-14-,22-20-,27-25-,28-26-,33-32-,36-35-,39-38-,45-43-. The minimum Gasteiger partial charge on any atom is -0.477 e. The van der Waals surface area contributed by atoms with E-state index in [-0.39, 0.29) is 32.2 Å². The third-order valence-corrected chi connectivity index (χ3v) is 14.5. The van der Waals surface area contributed by atoms with Crippen molar-refractivity contribution in [1.29, 1.82) is 0 Å². The minimum atomic E-state index is -1.52. The van der Waals surface area contributed by atoms with Crippen molar-refractivity contribution in [2.24, 2.45) is 0 Å². The first-order valence-electron chi connectivity index (χ1n) is 34.1. The number of quaternary nitrogens is 1. The number of rotatable bonds is 62. The van der Waals surface area contributed by atoms with E-state index in [2.05, 4.69) is 123 Å². The van der Waals surface area contributed by atoms with Crippen molar-refractivity contribution >= 4 is 17.9 Å². The third kappa shape index (κ3) is 65.3. The Kier molecular flexibility index (Phi) is 60.8. The average molecular weight is 1160 g/mol. The fourth-order valence-electron chi connectivity index (χ4n) is 9.32. The van der Waals surface area contributed by atoms with E-state index >= 15 is 0 Å². The monoisotopic (exact) mass is 1160 g/mol. The zero-order valence-electron chi connectivity index (χ0n) is 54.3. The minimum absolute atomic E-state index is 0.182. The summed E-state index contributed by atoms with van der Waals surface area (Å²) in [6, 6.07) is 0. The van der Waals surface area contributed by atoms with Gasteiger partial charge in [-0.25, -0.2) is 4.79 Å². The van der Waals surface area contributed by atoms with Gasteiger partial charge in [-0.1, -0.05) is 277 Å². The van der Waals surface area contributed by atoms with Crippen LogP contribution in [0.2, 0.25) is 0 Å². The van der Waals surface area contributed by atoms with Gasteiger partial charge >= 0.3 is 17.9 Å². The molecule has 0 aromatic rings. The molecule has 2 unspecified atom stereocenters. The van der Waals surface area contributed by atoms with Gasteiger partial charge in [0.1, 0.15) is 13.2 Å². The largest absolute Gasteiger partial charge is 0.477 e. The average Bonchev–Trinajstić information content (AvgIpc) is 3.46. The summed E-state index contributed by atoms with van der Waals surface area (Å²) >= 11 is 0. The third-order valence-electron chi connectivity index (χ3n) is 14.5. The van der Waals surface area contributed by atoms with E-state index < -0.39 is 24.3 Å². The second-order valence-corrected chi connectivity index (χ2v) is 23.7. The Labute approximate surface area is 511 Å². The second-order valence-electron chi connectivity index (χ2n) is 23.7. The van der Waals surface area contributed by atoms with Gasteiger partial charge in [0.05, 0.1) is 34.4 Å². The molecule has 0 aromatic heterocycles. The van der Waals surface area contributed by atoms with Crippen LogP contribution < -0.4 is 0 Å². The lowest BCUT2D eigenvalue weighted by atomic mass is 10.0. The summed E-state index contributed by atoms with van der Waals surface area (Å²) < 4.78 is 23.0. The number of hydrogen-bond acceptors (Lipinski definition) is 7. The number of likely N-dealkylation sites (N-methyl/N-ethyl adjacent to an activating group) is 1. The van der Waals surface area contributed by atoms with Crippen LogP contribution in [0.5, 0.6) is 0 Å². The van der Waals surface area contributed by atoms with Crippen molar-refractivity contribution < 1.29 is 42.9 Å². The van der Waals surface area contributed by atoms with Crippen molar-refractivity contribution in [3.8, 4) is 0 Å². The van der Waals surface area contributed by atoms with E-state index in [1.165, 1.54) is 154 Å². The Morgan fingerprint density at radius 1 is 0.373 bits per heavy atom. The van der Waals surface area contributed by atoms with Crippen molar-refractivity contribution in [2.75, 3.05) is 47.5 Å². The first-order chi connectivity index (χ1) is 40.6. The fourth-order valence-corrected chi connectivity index (χ4v) is 9.32. The molecule has 9 heteroatoms. The van der Waals surface area contributed by atoms with E-state index in [4.69, 9.17) is 18.9 Å². The molecule has 1 N–H and O–H groups in total. The summed E-state index contributed by atoms with van der Waals surface area (Å²) in [6.07, 6.45) is 86.1. The molecule has 0 saturated heterocycles. The molecule has 0 radical (unpaired) electrons. The fraction of sp³-hybridized carbons (Fsp3) is 0.716. The molecule has 0 saturated carbocycles. The zero-order valence-corrected chi connectivity index (χ0v) is 54.3. The predicted octanol–water partition coefficient (Wildman–Crippen LogP) is 21.0. The van der Waals surface area contributed by atoms with Crippen molar-refractivity contribution in [2.45, 2.75) is 296 Å². The van der Waals surface area contributed by atoms with Crippen LogP contribution in [0.1, 0.15) is 284 Å². The maximum absolute atomic E-state index is 12.9. The highest BCUT2D eigenvalue weighted by Crippen LogP contribution is 2.17. The Morgan fingerprint density at radius 3 is 1.04 bits per heavy atom. The molecule has 0 spiro atoms. The summed E-state index contributed by atoms with van der Waals surface area (Å²) in [4.78, 5) is 37.6. The quantitative estimate of drug-likeness (QED) is 0.0211. The molecule has 0 aliphatic rings. The number of carbonyl (C=O) groups is 3. The normalized spacial score (nSPS) is 13.4. The molecule has 0 amide bonds. The molecule has 0 rings (SSSR count). The van der Waals surface area contributed by atoms with Crippen LogP contribution in [0.15, 0.2) is 109 Å². The van der Waals surface area contributed by atoms with Crippen molar-refractivity contribution in [1.82, 2.24) is 0 Å². The van der Waals surface area contributed by atoms with Gasteiger partial charge in [0, 0.05) is 12.8 Å². The van der Waals surface area contributed by atoms with E-state index in [1.54, 1.807) is 0 Å². The van der Waals surface area contributed by atoms with Crippen LogP contribution in [-0.2, 0) is 33.3 Å². The molecule has 83 heavy (non-hydrogen) atoms. The molecule has 0 aliphatic heterocycles. The number of carboxylic acid groups (broad SMARTS) is 1. The van der Waals surface area contributed by atoms with E-state index in [9.17, 15) is 19.5 Å². The van der Waals surface area contributed by atoms with Crippen LogP contribution in [0.3, 0.4) is 0 Å². The highest BCUT2D eigenvalue weighted by Gasteiger charge is 2.25. The topological polar surface area (TPSA) is 108 Å². The molecule has 0 bridgehead atoms. The molecular formula is C74H128NO8+. The van der Waals surface area contributed by atoms with Gasteiger partial charge in [-0.2, -0.15) is 0 Å². The summed E-state index contributed by atoms with van der Waals surface area (Å²) in [5.41, 5.74) is 0. The molecule has 9 nitrogen and oxygen atoms in total. The molecule has 0 aromatic carbocycles. The smallest absolute Gasteiger partial charge is 0.361 e. The maximum Gasteiger partial charge on any atom is 0.361 e. The number of allylic oxidation sites excluding steroid dienone is 18. The van der Waals surface area contributed by atoms with Gasteiger partial charge in [0.15, 0.2) is 6.10 Å². The number of carbonyl (C=O) groups excluding carboxylic acids is 2. The van der Waals surface area contributed by atoms with E-state index in [0.717, 1.165) is 96.3 Å². The summed E-state index contributed by atoms with van der Waals surface area (Å²) in [6.45, 7) is 4.77. The van der Waals surface area contributed by atoms with Gasteiger partial charge in [-0.15, -0.1) is 0 Å². The molecule has 0 aliphatic carbocycles. The Balaban J connectivity index is 4.19.